The van der Waals surface area contributed by atoms with Gasteiger partial charge < -0.3 is 10.4 Å². The summed E-state index contributed by atoms with van der Waals surface area (Å²) >= 11 is 5.83. The number of hydrogen-bond acceptors (Lipinski definition) is 4. The number of aromatic hydroxyl groups is 1. The van der Waals surface area contributed by atoms with E-state index in [2.05, 4.69) is 15.8 Å². The molecule has 2 aromatic carbocycles. The van der Waals surface area contributed by atoms with Gasteiger partial charge in [0.2, 0.25) is 11.8 Å². The molecule has 7 heteroatoms. The maximum absolute atomic E-state index is 11.8. The number of rotatable bonds is 6. The second-order valence-electron chi connectivity index (χ2n) is 4.95. The molecule has 2 amide bonds. The molecular weight excluding hydrogens is 330 g/mol. The van der Waals surface area contributed by atoms with Crippen LogP contribution in [-0.2, 0) is 9.59 Å². The van der Waals surface area contributed by atoms with Crippen molar-refractivity contribution in [2.75, 3.05) is 5.32 Å². The van der Waals surface area contributed by atoms with Crippen LogP contribution >= 0.6 is 11.6 Å². The predicted octanol–water partition coefficient (Wildman–Crippen LogP) is 2.91. The Labute approximate surface area is 144 Å². The fourth-order valence-electron chi connectivity index (χ4n) is 1.86. The minimum atomic E-state index is -0.382. The summed E-state index contributed by atoms with van der Waals surface area (Å²) in [6.07, 6.45) is 1.44. The average molecular weight is 346 g/mol. The highest BCUT2D eigenvalue weighted by atomic mass is 35.5. The summed E-state index contributed by atoms with van der Waals surface area (Å²) in [5.41, 5.74) is 3.55. The third-order valence-electron chi connectivity index (χ3n) is 2.96. The Morgan fingerprint density at radius 2 is 1.83 bits per heavy atom. The number of hydrogen-bond donors (Lipinski definition) is 3. The van der Waals surface area contributed by atoms with E-state index < -0.39 is 0 Å². The van der Waals surface area contributed by atoms with Gasteiger partial charge in [-0.05, 0) is 35.9 Å². The largest absolute Gasteiger partial charge is 0.508 e. The summed E-state index contributed by atoms with van der Waals surface area (Å²) in [4.78, 5) is 23.4. The number of amides is 2. The second kappa shape index (κ2) is 8.69. The van der Waals surface area contributed by atoms with Crippen molar-refractivity contribution in [2.24, 2.45) is 5.10 Å². The third kappa shape index (κ3) is 6.10. The molecule has 3 N–H and O–H groups in total. The van der Waals surface area contributed by atoms with Gasteiger partial charge in [0, 0.05) is 23.6 Å². The van der Waals surface area contributed by atoms with Crippen LogP contribution in [0.25, 0.3) is 0 Å². The highest BCUT2D eigenvalue weighted by Gasteiger charge is 2.07. The normalized spacial score (nSPS) is 10.5. The summed E-state index contributed by atoms with van der Waals surface area (Å²) < 4.78 is 0. The molecule has 0 unspecified atom stereocenters. The van der Waals surface area contributed by atoms with Crippen LogP contribution in [0, 0.1) is 0 Å². The first-order valence-electron chi connectivity index (χ1n) is 7.19. The maximum Gasteiger partial charge on any atom is 0.240 e. The predicted molar refractivity (Wildman–Crippen MR) is 93.2 cm³/mol. The quantitative estimate of drug-likeness (QED) is 0.555. The lowest BCUT2D eigenvalue weighted by molar-refractivity contribution is -0.124. The van der Waals surface area contributed by atoms with Gasteiger partial charge in [-0.15, -0.1) is 0 Å². The fourth-order valence-corrected chi connectivity index (χ4v) is 2.05. The minimum Gasteiger partial charge on any atom is -0.508 e. The Balaban J connectivity index is 1.73. The molecule has 0 aromatic heterocycles. The van der Waals surface area contributed by atoms with Crippen LogP contribution in [0.1, 0.15) is 18.4 Å². The summed E-state index contributed by atoms with van der Waals surface area (Å²) in [6.45, 7) is 0. The van der Waals surface area contributed by atoms with Crippen molar-refractivity contribution in [3.63, 3.8) is 0 Å². The van der Waals surface area contributed by atoms with E-state index in [9.17, 15) is 14.7 Å². The zero-order valence-corrected chi connectivity index (χ0v) is 13.5. The van der Waals surface area contributed by atoms with Gasteiger partial charge in [-0.3, -0.25) is 9.59 Å². The van der Waals surface area contributed by atoms with Crippen LogP contribution in [0.4, 0.5) is 5.69 Å². The lowest BCUT2D eigenvalue weighted by Crippen LogP contribution is -2.20. The van der Waals surface area contributed by atoms with Crippen LogP contribution in [0.15, 0.2) is 53.6 Å². The number of hydrazone groups is 1. The topological polar surface area (TPSA) is 90.8 Å². The van der Waals surface area contributed by atoms with Gasteiger partial charge in [0.05, 0.1) is 6.21 Å². The highest BCUT2D eigenvalue weighted by molar-refractivity contribution is 6.30. The average Bonchev–Trinajstić information content (AvgIpc) is 2.53. The molecule has 2 aromatic rings. The Hall–Kier alpha value is -2.86. The molecule has 0 bridgehead atoms. The second-order valence-corrected chi connectivity index (χ2v) is 5.38. The molecule has 0 aliphatic heterocycles. The number of halogens is 1. The van der Waals surface area contributed by atoms with Gasteiger partial charge in [-0.1, -0.05) is 29.8 Å². The maximum atomic E-state index is 11.8. The van der Waals surface area contributed by atoms with Crippen LogP contribution in [0.3, 0.4) is 0 Å². The van der Waals surface area contributed by atoms with Crippen molar-refractivity contribution in [3.8, 4) is 5.75 Å². The Bertz CT molecular complexity index is 762. The molecule has 6 nitrogen and oxygen atoms in total. The fraction of sp³-hybridized carbons (Fsp3) is 0.118. The van der Waals surface area contributed by atoms with E-state index in [4.69, 9.17) is 11.6 Å². The van der Waals surface area contributed by atoms with E-state index in [1.165, 1.54) is 18.3 Å². The third-order valence-corrected chi connectivity index (χ3v) is 3.20. The smallest absolute Gasteiger partial charge is 0.240 e. The van der Waals surface area contributed by atoms with Gasteiger partial charge in [0.25, 0.3) is 0 Å². The molecule has 0 fully saturated rings. The van der Waals surface area contributed by atoms with Crippen molar-refractivity contribution < 1.29 is 14.7 Å². The van der Waals surface area contributed by atoms with Crippen molar-refractivity contribution in [3.05, 3.63) is 59.1 Å². The van der Waals surface area contributed by atoms with Crippen LogP contribution < -0.4 is 10.7 Å². The van der Waals surface area contributed by atoms with Crippen LogP contribution in [0.5, 0.6) is 5.75 Å². The number of nitrogens with zero attached hydrogens (tertiary/aromatic N) is 1. The van der Waals surface area contributed by atoms with Gasteiger partial charge in [-0.25, -0.2) is 5.43 Å². The van der Waals surface area contributed by atoms with Crippen LogP contribution in [0.2, 0.25) is 5.02 Å². The summed E-state index contributed by atoms with van der Waals surface area (Å²) in [7, 11) is 0. The molecule has 2 rings (SSSR count). The van der Waals surface area contributed by atoms with Crippen LogP contribution in [-0.4, -0.2) is 23.1 Å². The lowest BCUT2D eigenvalue weighted by atomic mass is 10.2. The monoisotopic (exact) mass is 345 g/mol. The summed E-state index contributed by atoms with van der Waals surface area (Å²) in [6, 6.07) is 13.2. The number of benzene rings is 2. The van der Waals surface area contributed by atoms with E-state index in [1.54, 1.807) is 36.4 Å². The number of phenolic OH excluding ortho intramolecular Hbond substituents is 1. The number of anilines is 1. The molecule has 0 heterocycles. The number of nitrogens with one attached hydrogen (secondary N) is 2. The van der Waals surface area contributed by atoms with E-state index in [1.807, 2.05) is 0 Å². The first-order chi connectivity index (χ1) is 11.5. The molecule has 0 spiro atoms. The van der Waals surface area contributed by atoms with E-state index in [0.717, 1.165) is 0 Å². The Morgan fingerprint density at radius 3 is 2.58 bits per heavy atom. The molecule has 0 aliphatic carbocycles. The molecule has 0 saturated heterocycles. The van der Waals surface area contributed by atoms with E-state index in [0.29, 0.717) is 16.3 Å². The van der Waals surface area contributed by atoms with Gasteiger partial charge >= 0.3 is 0 Å². The van der Waals surface area contributed by atoms with Crippen molar-refractivity contribution in [1.82, 2.24) is 5.43 Å². The SMILES string of the molecule is O=C(CCC(=O)Nc1cccc(Cl)c1)NN=Cc1cccc(O)c1. The molecule has 0 saturated carbocycles. The molecule has 24 heavy (non-hydrogen) atoms. The van der Waals surface area contributed by atoms with Crippen molar-refractivity contribution >= 4 is 35.3 Å². The summed E-state index contributed by atoms with van der Waals surface area (Å²) in [5.74, 6) is -0.556. The first kappa shape index (κ1) is 17.5. The molecule has 0 aliphatic rings. The number of phenols is 1. The van der Waals surface area contributed by atoms with Gasteiger partial charge in [0.15, 0.2) is 0 Å². The molecular formula is C17H16ClN3O3. The van der Waals surface area contributed by atoms with Crippen molar-refractivity contribution in [1.29, 1.82) is 0 Å². The first-order valence-corrected chi connectivity index (χ1v) is 7.57. The highest BCUT2D eigenvalue weighted by Crippen LogP contribution is 2.15. The zero-order valence-electron chi connectivity index (χ0n) is 12.7. The minimum absolute atomic E-state index is 0.00375. The lowest BCUT2D eigenvalue weighted by Gasteiger charge is -2.05. The summed E-state index contributed by atoms with van der Waals surface area (Å²) in [5, 5.41) is 16.3. The number of carbonyl (C=O) groups is 2. The molecule has 0 radical (unpaired) electrons. The number of carbonyl (C=O) groups excluding carboxylic acids is 2. The zero-order chi connectivity index (χ0) is 17.4. The van der Waals surface area contributed by atoms with E-state index in [-0.39, 0.29) is 30.4 Å². The standard InChI is InChI=1S/C17H16ClN3O3/c18-13-4-2-5-14(10-13)20-16(23)7-8-17(24)21-19-11-12-3-1-6-15(22)9-12/h1-6,9-11,22H,7-8H2,(H,20,23)(H,21,24). The Kier molecular flexibility index (Phi) is 6.33. The van der Waals surface area contributed by atoms with Gasteiger partial charge in [-0.2, -0.15) is 5.10 Å². The van der Waals surface area contributed by atoms with E-state index >= 15 is 0 Å². The van der Waals surface area contributed by atoms with Gasteiger partial charge in [0.1, 0.15) is 5.75 Å². The molecule has 124 valence electrons. The van der Waals surface area contributed by atoms with Crippen molar-refractivity contribution in [2.45, 2.75) is 12.8 Å². The molecule has 0 atom stereocenters. The Morgan fingerprint density at radius 1 is 1.08 bits per heavy atom.